The van der Waals surface area contributed by atoms with Crippen LogP contribution in [-0.2, 0) is 4.79 Å². The summed E-state index contributed by atoms with van der Waals surface area (Å²) < 4.78 is 0. The molecule has 2 rings (SSSR count). The van der Waals surface area contributed by atoms with E-state index in [0.29, 0.717) is 0 Å². The van der Waals surface area contributed by atoms with Crippen molar-refractivity contribution in [2.24, 2.45) is 0 Å². The van der Waals surface area contributed by atoms with E-state index in [1.807, 2.05) is 44.5 Å². The van der Waals surface area contributed by atoms with Crippen molar-refractivity contribution >= 4 is 12.0 Å². The van der Waals surface area contributed by atoms with Crippen molar-refractivity contribution in [2.75, 3.05) is 13.6 Å². The Balaban J connectivity index is 2.19. The molecule has 1 aromatic rings. The Morgan fingerprint density at radius 1 is 1.50 bits per heavy atom. The van der Waals surface area contributed by atoms with E-state index in [0.717, 1.165) is 24.2 Å². The summed E-state index contributed by atoms with van der Waals surface area (Å²) in [5, 5.41) is 0. The van der Waals surface area contributed by atoms with Gasteiger partial charge in [-0.2, -0.15) is 0 Å². The standard InChI is InChI=1S/C13H16N2O/c1-3-4-10-5-6-12(14-9-10)11-7-8-15(2)13(11)16/h3-6,9,11H,7-8H2,1-2H3/b4-3+. The summed E-state index contributed by atoms with van der Waals surface area (Å²) in [4.78, 5) is 17.9. The van der Waals surface area contributed by atoms with Crippen LogP contribution in [-0.4, -0.2) is 29.4 Å². The third-order valence-corrected chi connectivity index (χ3v) is 2.95. The summed E-state index contributed by atoms with van der Waals surface area (Å²) in [5.41, 5.74) is 1.97. The van der Waals surface area contributed by atoms with E-state index in [1.165, 1.54) is 0 Å². The lowest BCUT2D eigenvalue weighted by Gasteiger charge is -2.09. The summed E-state index contributed by atoms with van der Waals surface area (Å²) in [7, 11) is 1.84. The summed E-state index contributed by atoms with van der Waals surface area (Å²) >= 11 is 0. The number of amides is 1. The van der Waals surface area contributed by atoms with Gasteiger partial charge in [0.25, 0.3) is 0 Å². The Labute approximate surface area is 95.8 Å². The van der Waals surface area contributed by atoms with Gasteiger partial charge in [-0.15, -0.1) is 0 Å². The number of aromatic nitrogens is 1. The van der Waals surface area contributed by atoms with E-state index in [4.69, 9.17) is 0 Å². The van der Waals surface area contributed by atoms with E-state index < -0.39 is 0 Å². The van der Waals surface area contributed by atoms with Gasteiger partial charge in [-0.25, -0.2) is 0 Å². The molecule has 16 heavy (non-hydrogen) atoms. The molecule has 0 aliphatic carbocycles. The highest BCUT2D eigenvalue weighted by atomic mass is 16.2. The van der Waals surface area contributed by atoms with Crippen LogP contribution in [0.25, 0.3) is 6.08 Å². The molecular formula is C13H16N2O. The minimum absolute atomic E-state index is 0.0374. The Morgan fingerprint density at radius 2 is 2.31 bits per heavy atom. The number of likely N-dealkylation sites (N-methyl/N-ethyl adjacent to an activating group) is 1. The number of rotatable bonds is 2. The van der Waals surface area contributed by atoms with Crippen LogP contribution in [0.15, 0.2) is 24.4 Å². The first kappa shape index (κ1) is 10.9. The number of hydrogen-bond acceptors (Lipinski definition) is 2. The zero-order valence-corrected chi connectivity index (χ0v) is 9.68. The molecule has 0 bridgehead atoms. The van der Waals surface area contributed by atoms with Crippen molar-refractivity contribution in [3.05, 3.63) is 35.7 Å². The van der Waals surface area contributed by atoms with Crippen LogP contribution in [0.2, 0.25) is 0 Å². The van der Waals surface area contributed by atoms with E-state index in [9.17, 15) is 4.79 Å². The lowest BCUT2D eigenvalue weighted by Crippen LogP contribution is -2.22. The van der Waals surface area contributed by atoms with Gasteiger partial charge < -0.3 is 4.90 Å². The minimum Gasteiger partial charge on any atom is -0.345 e. The Morgan fingerprint density at radius 3 is 2.81 bits per heavy atom. The highest BCUT2D eigenvalue weighted by Crippen LogP contribution is 2.26. The molecule has 3 nitrogen and oxygen atoms in total. The average Bonchev–Trinajstić information content (AvgIpc) is 2.62. The van der Waals surface area contributed by atoms with Crippen molar-refractivity contribution in [1.82, 2.24) is 9.88 Å². The van der Waals surface area contributed by atoms with E-state index in [2.05, 4.69) is 4.98 Å². The van der Waals surface area contributed by atoms with Crippen LogP contribution >= 0.6 is 0 Å². The lowest BCUT2D eigenvalue weighted by atomic mass is 10.0. The van der Waals surface area contributed by atoms with Gasteiger partial charge in [0.05, 0.1) is 11.6 Å². The van der Waals surface area contributed by atoms with Crippen molar-refractivity contribution < 1.29 is 4.79 Å². The Kier molecular flexibility index (Phi) is 3.04. The smallest absolute Gasteiger partial charge is 0.231 e. The molecule has 84 valence electrons. The van der Waals surface area contributed by atoms with Crippen LogP contribution in [0.4, 0.5) is 0 Å². The summed E-state index contributed by atoms with van der Waals surface area (Å²) in [5.74, 6) is 0.149. The molecular weight excluding hydrogens is 200 g/mol. The molecule has 1 unspecified atom stereocenters. The van der Waals surface area contributed by atoms with Crippen molar-refractivity contribution in [3.63, 3.8) is 0 Å². The summed E-state index contributed by atoms with van der Waals surface area (Å²) in [6.45, 7) is 2.81. The van der Waals surface area contributed by atoms with E-state index >= 15 is 0 Å². The van der Waals surface area contributed by atoms with Gasteiger partial charge >= 0.3 is 0 Å². The second-order valence-corrected chi connectivity index (χ2v) is 4.12. The molecule has 1 aliphatic heterocycles. The maximum Gasteiger partial charge on any atom is 0.231 e. The molecule has 0 saturated carbocycles. The second-order valence-electron chi connectivity index (χ2n) is 4.12. The van der Waals surface area contributed by atoms with Gasteiger partial charge in [0.15, 0.2) is 0 Å². The van der Waals surface area contributed by atoms with Crippen molar-refractivity contribution in [3.8, 4) is 0 Å². The van der Waals surface area contributed by atoms with Crippen LogP contribution in [0, 0.1) is 0 Å². The van der Waals surface area contributed by atoms with Crippen LogP contribution in [0.1, 0.15) is 30.5 Å². The number of likely N-dealkylation sites (tertiary alicyclic amines) is 1. The fraction of sp³-hybridized carbons (Fsp3) is 0.385. The van der Waals surface area contributed by atoms with Gasteiger partial charge in [-0.05, 0) is 25.0 Å². The number of carbonyl (C=O) groups is 1. The molecule has 1 atom stereocenters. The zero-order chi connectivity index (χ0) is 11.5. The quantitative estimate of drug-likeness (QED) is 0.758. The average molecular weight is 216 g/mol. The van der Waals surface area contributed by atoms with Gasteiger partial charge in [-0.1, -0.05) is 18.2 Å². The van der Waals surface area contributed by atoms with E-state index in [-0.39, 0.29) is 11.8 Å². The normalized spacial score (nSPS) is 21.0. The van der Waals surface area contributed by atoms with Crippen molar-refractivity contribution in [2.45, 2.75) is 19.3 Å². The largest absolute Gasteiger partial charge is 0.345 e. The number of carbonyl (C=O) groups excluding carboxylic acids is 1. The predicted molar refractivity (Wildman–Crippen MR) is 63.9 cm³/mol. The molecule has 0 spiro atoms. The SMILES string of the molecule is C/C=C/c1ccc(C2CCN(C)C2=O)nc1. The van der Waals surface area contributed by atoms with E-state index in [1.54, 1.807) is 4.90 Å². The fourth-order valence-electron chi connectivity index (χ4n) is 2.01. The number of hydrogen-bond donors (Lipinski definition) is 0. The summed E-state index contributed by atoms with van der Waals surface area (Å²) in [6.07, 6.45) is 6.68. The third kappa shape index (κ3) is 1.98. The van der Waals surface area contributed by atoms with Gasteiger partial charge in [-0.3, -0.25) is 9.78 Å². The maximum atomic E-state index is 11.8. The van der Waals surface area contributed by atoms with Crippen molar-refractivity contribution in [1.29, 1.82) is 0 Å². The highest BCUT2D eigenvalue weighted by Gasteiger charge is 2.31. The fourth-order valence-corrected chi connectivity index (χ4v) is 2.01. The Bertz CT molecular complexity index is 408. The molecule has 0 radical (unpaired) electrons. The van der Waals surface area contributed by atoms with Crippen LogP contribution in [0.3, 0.4) is 0 Å². The van der Waals surface area contributed by atoms with Crippen LogP contribution in [0.5, 0.6) is 0 Å². The molecule has 1 amide bonds. The molecule has 2 heterocycles. The van der Waals surface area contributed by atoms with Crippen LogP contribution < -0.4 is 0 Å². The predicted octanol–water partition coefficient (Wildman–Crippen LogP) is 2.06. The molecule has 1 fully saturated rings. The summed E-state index contributed by atoms with van der Waals surface area (Å²) in [6, 6.07) is 3.96. The number of nitrogens with zero attached hydrogens (tertiary/aromatic N) is 2. The zero-order valence-electron chi connectivity index (χ0n) is 9.68. The maximum absolute atomic E-state index is 11.8. The molecule has 1 aliphatic rings. The molecule has 0 N–H and O–H groups in total. The monoisotopic (exact) mass is 216 g/mol. The minimum atomic E-state index is -0.0374. The Hall–Kier alpha value is -1.64. The molecule has 3 heteroatoms. The van der Waals surface area contributed by atoms with Gasteiger partial charge in [0.2, 0.25) is 5.91 Å². The molecule has 1 aromatic heterocycles. The number of pyridine rings is 1. The second kappa shape index (κ2) is 4.47. The third-order valence-electron chi connectivity index (χ3n) is 2.95. The first-order valence-electron chi connectivity index (χ1n) is 5.56. The van der Waals surface area contributed by atoms with Gasteiger partial charge in [0, 0.05) is 19.8 Å². The first-order chi connectivity index (χ1) is 7.72. The lowest BCUT2D eigenvalue weighted by molar-refractivity contribution is -0.127. The molecule has 1 saturated heterocycles. The number of allylic oxidation sites excluding steroid dienone is 1. The topological polar surface area (TPSA) is 33.2 Å². The highest BCUT2D eigenvalue weighted by molar-refractivity contribution is 5.85. The molecule has 0 aromatic carbocycles. The van der Waals surface area contributed by atoms with Gasteiger partial charge in [0.1, 0.15) is 0 Å². The first-order valence-corrected chi connectivity index (χ1v) is 5.56.